The lowest BCUT2D eigenvalue weighted by molar-refractivity contribution is 0.592. The molecule has 9 heteroatoms. The van der Waals surface area contributed by atoms with Gasteiger partial charge in [0.25, 0.3) is 10.0 Å². The van der Waals surface area contributed by atoms with Gasteiger partial charge in [0.1, 0.15) is 5.82 Å². The molecule has 1 heterocycles. The van der Waals surface area contributed by atoms with Crippen LogP contribution in [0.3, 0.4) is 0 Å². The van der Waals surface area contributed by atoms with E-state index in [1.54, 1.807) is 12.1 Å². The molecular weight excluding hydrogens is 379 g/mol. The molecule has 0 atom stereocenters. The summed E-state index contributed by atoms with van der Waals surface area (Å²) < 4.78 is 66.2. The fourth-order valence-electron chi connectivity index (χ4n) is 2.95. The van der Waals surface area contributed by atoms with E-state index in [-0.39, 0.29) is 16.1 Å². The number of halogens is 1. The minimum atomic E-state index is -3.92. The smallest absolute Gasteiger partial charge is 0.261 e. The van der Waals surface area contributed by atoms with Crippen molar-refractivity contribution >= 4 is 31.4 Å². The Hall–Kier alpha value is -2.13. The fraction of sp³-hybridized carbons (Fsp3) is 0.294. The third-order valence-electron chi connectivity index (χ3n) is 4.25. The minimum Gasteiger partial charge on any atom is -0.280 e. The molecule has 0 amide bonds. The van der Waals surface area contributed by atoms with Gasteiger partial charge in [-0.05, 0) is 61.2 Å². The van der Waals surface area contributed by atoms with E-state index in [0.717, 1.165) is 24.3 Å². The maximum absolute atomic E-state index is 13.4. The molecule has 140 valence electrons. The second-order valence-corrected chi connectivity index (χ2v) is 9.89. The number of aryl methyl sites for hydroxylation is 2. The van der Waals surface area contributed by atoms with Gasteiger partial charge in [-0.3, -0.25) is 9.03 Å². The molecule has 26 heavy (non-hydrogen) atoms. The van der Waals surface area contributed by atoms with Crippen LogP contribution in [-0.2, 0) is 26.5 Å². The normalized spacial score (nSPS) is 14.8. The molecule has 0 fully saturated rings. The summed E-state index contributed by atoms with van der Waals surface area (Å²) in [5.41, 5.74) is 1.80. The number of hydrogen-bond donors (Lipinski definition) is 1. The highest BCUT2D eigenvalue weighted by Gasteiger charge is 2.25. The zero-order chi connectivity index (χ0) is 19.1. The number of fused-ring (bicyclic) bond motifs is 1. The number of anilines is 2. The zero-order valence-corrected chi connectivity index (χ0v) is 16.0. The van der Waals surface area contributed by atoms with Crippen molar-refractivity contribution in [2.45, 2.75) is 24.7 Å². The molecule has 0 bridgehead atoms. The molecule has 3 rings (SSSR count). The largest absolute Gasteiger partial charge is 0.280 e. The first kappa shape index (κ1) is 18.7. The van der Waals surface area contributed by atoms with Gasteiger partial charge in [-0.2, -0.15) is 0 Å². The van der Waals surface area contributed by atoms with Crippen LogP contribution in [0.15, 0.2) is 41.3 Å². The summed E-state index contributed by atoms with van der Waals surface area (Å²) in [6, 6.07) is 8.37. The first-order valence-electron chi connectivity index (χ1n) is 7.97. The highest BCUT2D eigenvalue weighted by atomic mass is 32.2. The highest BCUT2D eigenvalue weighted by molar-refractivity contribution is 7.92. The average molecular weight is 398 g/mol. The first-order chi connectivity index (χ1) is 12.1. The molecule has 0 aromatic heterocycles. The van der Waals surface area contributed by atoms with E-state index in [1.165, 1.54) is 29.4 Å². The van der Waals surface area contributed by atoms with Crippen LogP contribution in [0.4, 0.5) is 15.8 Å². The van der Waals surface area contributed by atoms with E-state index in [4.69, 9.17) is 0 Å². The standard InChI is InChI=1S/C17H19FN2O4S2/c1-12-10-15(7-8-16(12)18)26(23,24)19-14-6-5-13-4-3-9-20(17(13)11-14)25(2,21)22/h5-8,10-11,19H,3-4,9H2,1-2H3. The van der Waals surface area contributed by atoms with Crippen LogP contribution in [0.5, 0.6) is 0 Å². The molecule has 0 unspecified atom stereocenters. The Labute approximate surface area is 152 Å². The molecule has 0 spiro atoms. The number of sulfonamides is 2. The van der Waals surface area contributed by atoms with Gasteiger partial charge in [0.2, 0.25) is 10.0 Å². The topological polar surface area (TPSA) is 83.6 Å². The van der Waals surface area contributed by atoms with Gasteiger partial charge >= 0.3 is 0 Å². The van der Waals surface area contributed by atoms with Crippen LogP contribution in [0.2, 0.25) is 0 Å². The van der Waals surface area contributed by atoms with E-state index in [0.29, 0.717) is 18.7 Å². The van der Waals surface area contributed by atoms with Crippen molar-refractivity contribution in [3.63, 3.8) is 0 Å². The average Bonchev–Trinajstić information content (AvgIpc) is 2.55. The summed E-state index contributed by atoms with van der Waals surface area (Å²) in [6.45, 7) is 1.84. The minimum absolute atomic E-state index is 0.0610. The summed E-state index contributed by atoms with van der Waals surface area (Å²) in [6.07, 6.45) is 2.56. The summed E-state index contributed by atoms with van der Waals surface area (Å²) in [4.78, 5) is -0.0610. The number of hydrogen-bond acceptors (Lipinski definition) is 4. The van der Waals surface area contributed by atoms with Crippen molar-refractivity contribution in [2.75, 3.05) is 21.8 Å². The first-order valence-corrected chi connectivity index (χ1v) is 11.3. The lowest BCUT2D eigenvalue weighted by atomic mass is 10.0. The Morgan fingerprint density at radius 1 is 1.08 bits per heavy atom. The van der Waals surface area contributed by atoms with E-state index >= 15 is 0 Å². The molecule has 0 aliphatic carbocycles. The van der Waals surface area contributed by atoms with Gasteiger partial charge in [-0.15, -0.1) is 0 Å². The van der Waals surface area contributed by atoms with Gasteiger partial charge in [0.15, 0.2) is 0 Å². The summed E-state index contributed by atoms with van der Waals surface area (Å²) >= 11 is 0. The summed E-state index contributed by atoms with van der Waals surface area (Å²) in [5, 5.41) is 0. The molecule has 6 nitrogen and oxygen atoms in total. The lowest BCUT2D eigenvalue weighted by Gasteiger charge is -2.29. The van der Waals surface area contributed by atoms with Crippen molar-refractivity contribution in [3.05, 3.63) is 53.3 Å². The Kier molecular flexibility index (Phi) is 4.70. The summed E-state index contributed by atoms with van der Waals surface area (Å²) in [5.74, 6) is -0.485. The van der Waals surface area contributed by atoms with Crippen LogP contribution in [-0.4, -0.2) is 29.6 Å². The number of nitrogens with one attached hydrogen (secondary N) is 1. The third-order valence-corrected chi connectivity index (χ3v) is 6.81. The number of nitrogens with zero attached hydrogens (tertiary/aromatic N) is 1. The van der Waals surface area contributed by atoms with Crippen molar-refractivity contribution in [1.82, 2.24) is 0 Å². The Morgan fingerprint density at radius 2 is 1.81 bits per heavy atom. The molecule has 2 aromatic rings. The van der Waals surface area contributed by atoms with Crippen molar-refractivity contribution < 1.29 is 21.2 Å². The van der Waals surface area contributed by atoms with Crippen molar-refractivity contribution in [3.8, 4) is 0 Å². The Morgan fingerprint density at radius 3 is 2.46 bits per heavy atom. The third kappa shape index (κ3) is 3.68. The zero-order valence-electron chi connectivity index (χ0n) is 14.4. The quantitative estimate of drug-likeness (QED) is 0.858. The Bertz CT molecular complexity index is 1070. The molecule has 1 aliphatic heterocycles. The second kappa shape index (κ2) is 6.55. The predicted octanol–water partition coefficient (Wildman–Crippen LogP) is 2.65. The van der Waals surface area contributed by atoms with E-state index < -0.39 is 25.9 Å². The lowest BCUT2D eigenvalue weighted by Crippen LogP contribution is -2.34. The summed E-state index contributed by atoms with van der Waals surface area (Å²) in [7, 11) is -7.36. The maximum Gasteiger partial charge on any atom is 0.261 e. The van der Waals surface area contributed by atoms with Crippen LogP contribution in [0.25, 0.3) is 0 Å². The highest BCUT2D eigenvalue weighted by Crippen LogP contribution is 2.32. The predicted molar refractivity (Wildman–Crippen MR) is 98.9 cm³/mol. The van der Waals surface area contributed by atoms with Gasteiger partial charge < -0.3 is 0 Å². The van der Waals surface area contributed by atoms with Gasteiger partial charge in [0.05, 0.1) is 22.5 Å². The molecule has 0 radical (unpaired) electrons. The van der Waals surface area contributed by atoms with E-state index in [1.807, 2.05) is 0 Å². The van der Waals surface area contributed by atoms with Crippen LogP contribution >= 0.6 is 0 Å². The molecule has 1 N–H and O–H groups in total. The second-order valence-electron chi connectivity index (χ2n) is 6.30. The fourth-order valence-corrected chi connectivity index (χ4v) is 5.07. The van der Waals surface area contributed by atoms with Crippen molar-refractivity contribution in [1.29, 1.82) is 0 Å². The molecule has 1 aliphatic rings. The number of benzene rings is 2. The maximum atomic E-state index is 13.4. The molecule has 0 saturated carbocycles. The van der Waals surface area contributed by atoms with Crippen LogP contribution in [0, 0.1) is 12.7 Å². The van der Waals surface area contributed by atoms with Crippen LogP contribution < -0.4 is 9.03 Å². The van der Waals surface area contributed by atoms with Crippen LogP contribution in [0.1, 0.15) is 17.5 Å². The number of rotatable bonds is 4. The Balaban J connectivity index is 1.97. The van der Waals surface area contributed by atoms with Gasteiger partial charge in [0, 0.05) is 6.54 Å². The van der Waals surface area contributed by atoms with Crippen molar-refractivity contribution in [2.24, 2.45) is 0 Å². The van der Waals surface area contributed by atoms with E-state index in [2.05, 4.69) is 4.72 Å². The SMILES string of the molecule is Cc1cc(S(=O)(=O)Nc2ccc3c(c2)N(S(C)(=O)=O)CCC3)ccc1F. The van der Waals surface area contributed by atoms with E-state index in [9.17, 15) is 21.2 Å². The van der Waals surface area contributed by atoms with Gasteiger partial charge in [-0.1, -0.05) is 6.07 Å². The van der Waals surface area contributed by atoms with Gasteiger partial charge in [-0.25, -0.2) is 21.2 Å². The monoisotopic (exact) mass is 398 g/mol. The molecule has 2 aromatic carbocycles. The molecule has 0 saturated heterocycles. The molecular formula is C17H19FN2O4S2.